The minimum absolute atomic E-state index is 0.0140. The molecular formula is C20H30O6. The first-order valence-electron chi connectivity index (χ1n) is 9.93. The number of esters is 2. The number of carbonyl (C=O) groups is 4. The van der Waals surface area contributed by atoms with E-state index in [0.717, 1.165) is 64.2 Å². The molecule has 2 aliphatic rings. The van der Waals surface area contributed by atoms with Gasteiger partial charge < -0.3 is 9.47 Å². The van der Waals surface area contributed by atoms with Gasteiger partial charge in [-0.1, -0.05) is 38.5 Å². The maximum Gasteiger partial charge on any atom is 0.313 e. The summed E-state index contributed by atoms with van der Waals surface area (Å²) in [5.41, 5.74) is 0. The normalized spacial score (nSPS) is 18.9. The fourth-order valence-electron chi connectivity index (χ4n) is 3.84. The van der Waals surface area contributed by atoms with E-state index in [1.165, 1.54) is 0 Å². The molecule has 0 bridgehead atoms. The quantitative estimate of drug-likeness (QED) is 0.354. The van der Waals surface area contributed by atoms with Gasteiger partial charge in [0.05, 0.1) is 0 Å². The summed E-state index contributed by atoms with van der Waals surface area (Å²) in [6, 6.07) is 0. The molecule has 0 aliphatic heterocycles. The summed E-state index contributed by atoms with van der Waals surface area (Å²) < 4.78 is 9.91. The number of ketones is 2. The second-order valence-electron chi connectivity index (χ2n) is 7.40. The molecule has 0 atom stereocenters. The van der Waals surface area contributed by atoms with Crippen LogP contribution in [0.3, 0.4) is 0 Å². The second kappa shape index (κ2) is 11.1. The first-order chi connectivity index (χ1) is 12.6. The van der Waals surface area contributed by atoms with Crippen molar-refractivity contribution in [3.63, 3.8) is 0 Å². The number of rotatable bonds is 9. The van der Waals surface area contributed by atoms with Crippen molar-refractivity contribution in [2.75, 3.05) is 13.2 Å². The van der Waals surface area contributed by atoms with Gasteiger partial charge in [0.15, 0.2) is 0 Å². The van der Waals surface area contributed by atoms with Crippen molar-refractivity contribution >= 4 is 23.5 Å². The third-order valence-electron chi connectivity index (χ3n) is 5.37. The van der Waals surface area contributed by atoms with Gasteiger partial charge in [0.1, 0.15) is 37.6 Å². The molecule has 0 aromatic carbocycles. The van der Waals surface area contributed by atoms with Crippen LogP contribution >= 0.6 is 0 Å². The summed E-state index contributed by atoms with van der Waals surface area (Å²) in [6.45, 7) is -0.166. The van der Waals surface area contributed by atoms with Crippen LogP contribution in [0.15, 0.2) is 0 Å². The Labute approximate surface area is 155 Å². The van der Waals surface area contributed by atoms with Crippen LogP contribution in [0, 0.1) is 11.8 Å². The van der Waals surface area contributed by atoms with Gasteiger partial charge in [-0.15, -0.1) is 0 Å². The molecule has 2 fully saturated rings. The van der Waals surface area contributed by atoms with Crippen molar-refractivity contribution < 1.29 is 28.7 Å². The van der Waals surface area contributed by atoms with Crippen LogP contribution in [0.2, 0.25) is 0 Å². The second-order valence-corrected chi connectivity index (χ2v) is 7.40. The molecule has 6 nitrogen and oxygen atoms in total. The molecule has 0 aromatic rings. The van der Waals surface area contributed by atoms with Gasteiger partial charge in [0.25, 0.3) is 0 Å². The molecule has 0 amide bonds. The first kappa shape index (κ1) is 20.6. The van der Waals surface area contributed by atoms with Crippen LogP contribution in [-0.2, 0) is 28.7 Å². The Balaban J connectivity index is 1.54. The highest BCUT2D eigenvalue weighted by Gasteiger charge is 2.24. The van der Waals surface area contributed by atoms with Crippen molar-refractivity contribution in [2.24, 2.45) is 11.8 Å². The van der Waals surface area contributed by atoms with E-state index in [2.05, 4.69) is 0 Å². The average molecular weight is 366 g/mol. The van der Waals surface area contributed by atoms with E-state index in [4.69, 9.17) is 9.47 Å². The van der Waals surface area contributed by atoms with Crippen LogP contribution in [0.1, 0.15) is 77.0 Å². The Morgan fingerprint density at radius 2 is 0.923 bits per heavy atom. The number of carbonyl (C=O) groups excluding carboxylic acids is 4. The van der Waals surface area contributed by atoms with E-state index in [9.17, 15) is 19.2 Å². The Morgan fingerprint density at radius 3 is 1.27 bits per heavy atom. The van der Waals surface area contributed by atoms with Crippen LogP contribution in [-0.4, -0.2) is 36.7 Å². The lowest BCUT2D eigenvalue weighted by molar-refractivity contribution is -0.155. The highest BCUT2D eigenvalue weighted by Crippen LogP contribution is 2.26. The summed E-state index contributed by atoms with van der Waals surface area (Å²) in [6.07, 6.45) is 9.50. The van der Waals surface area contributed by atoms with Gasteiger partial charge >= 0.3 is 11.9 Å². The van der Waals surface area contributed by atoms with Gasteiger partial charge in [-0.2, -0.15) is 0 Å². The number of ether oxygens (including phenoxy) is 2. The number of hydrogen-bond acceptors (Lipinski definition) is 6. The molecule has 2 rings (SSSR count). The van der Waals surface area contributed by atoms with Crippen molar-refractivity contribution in [3.8, 4) is 0 Å². The fraction of sp³-hybridized carbons (Fsp3) is 0.800. The predicted molar refractivity (Wildman–Crippen MR) is 94.3 cm³/mol. The maximum absolute atomic E-state index is 12.0. The van der Waals surface area contributed by atoms with Crippen LogP contribution in [0.25, 0.3) is 0 Å². The van der Waals surface area contributed by atoms with Gasteiger partial charge in [-0.25, -0.2) is 0 Å². The lowest BCUT2D eigenvalue weighted by Crippen LogP contribution is -2.24. The predicted octanol–water partition coefficient (Wildman–Crippen LogP) is 3.15. The molecule has 6 heteroatoms. The van der Waals surface area contributed by atoms with E-state index in [1.807, 2.05) is 0 Å². The molecule has 0 N–H and O–H groups in total. The molecule has 0 radical (unpaired) electrons. The zero-order valence-corrected chi connectivity index (χ0v) is 15.5. The summed E-state index contributed by atoms with van der Waals surface area (Å²) >= 11 is 0. The zero-order valence-electron chi connectivity index (χ0n) is 15.5. The molecule has 2 saturated carbocycles. The minimum atomic E-state index is -0.574. The summed E-state index contributed by atoms with van der Waals surface area (Å²) in [4.78, 5) is 47.4. The fourth-order valence-corrected chi connectivity index (χ4v) is 3.84. The van der Waals surface area contributed by atoms with Crippen molar-refractivity contribution in [1.29, 1.82) is 0 Å². The lowest BCUT2D eigenvalue weighted by atomic mass is 9.85. The van der Waals surface area contributed by atoms with E-state index < -0.39 is 11.9 Å². The topological polar surface area (TPSA) is 86.7 Å². The Bertz CT molecular complexity index is 454. The lowest BCUT2D eigenvalue weighted by Gasteiger charge is -2.20. The highest BCUT2D eigenvalue weighted by atomic mass is 16.6. The van der Waals surface area contributed by atoms with Gasteiger partial charge in [-0.3, -0.25) is 19.2 Å². The SMILES string of the molecule is O=C(CC(=O)C1CCCCC1)OCCOC(=O)CC(=O)C1CCCCC1. The molecule has 2 aliphatic carbocycles. The minimum Gasteiger partial charge on any atom is -0.462 e. The summed E-state index contributed by atoms with van der Waals surface area (Å²) in [5, 5.41) is 0. The molecule has 0 aromatic heterocycles. The molecule has 26 heavy (non-hydrogen) atoms. The first-order valence-corrected chi connectivity index (χ1v) is 9.93. The molecule has 0 saturated heterocycles. The van der Waals surface area contributed by atoms with E-state index >= 15 is 0 Å². The van der Waals surface area contributed by atoms with Crippen molar-refractivity contribution in [1.82, 2.24) is 0 Å². The molecule has 146 valence electrons. The molecule has 0 unspecified atom stereocenters. The van der Waals surface area contributed by atoms with Crippen molar-refractivity contribution in [3.05, 3.63) is 0 Å². The Kier molecular flexibility index (Phi) is 8.78. The van der Waals surface area contributed by atoms with Gasteiger partial charge in [0.2, 0.25) is 0 Å². The van der Waals surface area contributed by atoms with Crippen LogP contribution in [0.4, 0.5) is 0 Å². The summed E-state index contributed by atoms with van der Waals surface area (Å²) in [5.74, 6) is -1.28. The number of Topliss-reactive ketones (excluding diaryl/α,β-unsaturated/α-hetero) is 2. The summed E-state index contributed by atoms with van der Waals surface area (Å²) in [7, 11) is 0. The zero-order chi connectivity index (χ0) is 18.8. The van der Waals surface area contributed by atoms with Crippen LogP contribution in [0.5, 0.6) is 0 Å². The smallest absolute Gasteiger partial charge is 0.313 e. The van der Waals surface area contributed by atoms with Crippen molar-refractivity contribution in [2.45, 2.75) is 77.0 Å². The maximum atomic E-state index is 12.0. The van der Waals surface area contributed by atoms with Gasteiger partial charge in [-0.05, 0) is 25.7 Å². The Hall–Kier alpha value is -1.72. The largest absolute Gasteiger partial charge is 0.462 e. The highest BCUT2D eigenvalue weighted by molar-refractivity contribution is 5.97. The van der Waals surface area contributed by atoms with E-state index in [1.54, 1.807) is 0 Å². The van der Waals surface area contributed by atoms with E-state index in [-0.39, 0.29) is 49.5 Å². The molecular weight excluding hydrogens is 336 g/mol. The third-order valence-corrected chi connectivity index (χ3v) is 5.37. The molecule has 0 spiro atoms. The van der Waals surface area contributed by atoms with E-state index in [0.29, 0.717) is 0 Å². The van der Waals surface area contributed by atoms with Gasteiger partial charge in [0, 0.05) is 11.8 Å². The third kappa shape index (κ3) is 7.26. The number of hydrogen-bond donors (Lipinski definition) is 0. The monoisotopic (exact) mass is 366 g/mol. The Morgan fingerprint density at radius 1 is 0.577 bits per heavy atom. The van der Waals surface area contributed by atoms with Crippen LogP contribution < -0.4 is 0 Å². The average Bonchev–Trinajstić information content (AvgIpc) is 2.66. The standard InChI is InChI=1S/C20H30O6/c21-17(15-7-3-1-4-8-15)13-19(23)25-11-12-26-20(24)14-18(22)16-9-5-2-6-10-16/h15-16H,1-14H2. The molecule has 0 heterocycles.